The van der Waals surface area contributed by atoms with Crippen LogP contribution in [0.5, 0.6) is 0 Å². The number of rotatable bonds is 8. The molecule has 0 spiro atoms. The molecule has 0 amide bonds. The fraction of sp³-hybridized carbons (Fsp3) is 0.571. The van der Waals surface area contributed by atoms with E-state index in [0.29, 0.717) is 12.6 Å². The van der Waals surface area contributed by atoms with Crippen LogP contribution >= 0.6 is 11.6 Å². The number of halogens is 2. The molecule has 0 aliphatic carbocycles. The van der Waals surface area contributed by atoms with Crippen LogP contribution in [-0.2, 0) is 10.0 Å². The maximum atomic E-state index is 13.0. The topological polar surface area (TPSA) is 49.4 Å². The van der Waals surface area contributed by atoms with Crippen molar-refractivity contribution < 1.29 is 12.8 Å². The first-order valence-electron chi connectivity index (χ1n) is 6.89. The lowest BCUT2D eigenvalue weighted by atomic mass is 10.2. The molecule has 0 radical (unpaired) electrons. The second kappa shape index (κ2) is 8.08. The van der Waals surface area contributed by atoms with Gasteiger partial charge < -0.3 is 4.90 Å². The molecule has 1 aromatic carbocycles. The van der Waals surface area contributed by atoms with E-state index in [0.717, 1.165) is 31.5 Å². The van der Waals surface area contributed by atoms with Gasteiger partial charge in [0.2, 0.25) is 10.0 Å². The van der Waals surface area contributed by atoms with Crippen molar-refractivity contribution in [3.05, 3.63) is 29.0 Å². The first-order valence-corrected chi connectivity index (χ1v) is 8.75. The van der Waals surface area contributed by atoms with Crippen molar-refractivity contribution in [2.24, 2.45) is 0 Å². The standard InChI is InChI=1S/C14H22ClFN2O2S/c1-11(2)18(3)9-5-4-8-17-21(19,20)12-6-7-14(16)13(15)10-12/h6-7,10-11,17H,4-5,8-9H2,1-3H3. The van der Waals surface area contributed by atoms with Crippen molar-refractivity contribution in [2.45, 2.75) is 37.6 Å². The highest BCUT2D eigenvalue weighted by Gasteiger charge is 2.15. The third kappa shape index (κ3) is 5.90. The molecule has 0 saturated carbocycles. The minimum absolute atomic E-state index is 0.0202. The van der Waals surface area contributed by atoms with Gasteiger partial charge in [-0.15, -0.1) is 0 Å². The largest absolute Gasteiger partial charge is 0.304 e. The van der Waals surface area contributed by atoms with E-state index in [-0.39, 0.29) is 9.92 Å². The molecule has 4 nitrogen and oxygen atoms in total. The first kappa shape index (κ1) is 18.4. The molecular weight excluding hydrogens is 315 g/mol. The van der Waals surface area contributed by atoms with E-state index < -0.39 is 15.8 Å². The van der Waals surface area contributed by atoms with Crippen LogP contribution in [-0.4, -0.2) is 39.5 Å². The molecule has 21 heavy (non-hydrogen) atoms. The number of nitrogens with one attached hydrogen (secondary N) is 1. The van der Waals surface area contributed by atoms with E-state index in [4.69, 9.17) is 11.6 Å². The minimum atomic E-state index is -3.63. The number of benzene rings is 1. The van der Waals surface area contributed by atoms with Crippen molar-refractivity contribution >= 4 is 21.6 Å². The van der Waals surface area contributed by atoms with Gasteiger partial charge in [0.1, 0.15) is 5.82 Å². The van der Waals surface area contributed by atoms with Crippen molar-refractivity contribution in [3.63, 3.8) is 0 Å². The van der Waals surface area contributed by atoms with Crippen LogP contribution in [0.4, 0.5) is 4.39 Å². The molecule has 0 aliphatic rings. The Hall–Kier alpha value is -0.690. The zero-order valence-electron chi connectivity index (χ0n) is 12.6. The Labute approximate surface area is 131 Å². The third-order valence-electron chi connectivity index (χ3n) is 3.31. The van der Waals surface area contributed by atoms with Gasteiger partial charge in [-0.25, -0.2) is 17.5 Å². The van der Waals surface area contributed by atoms with Crippen molar-refractivity contribution in [1.82, 2.24) is 9.62 Å². The number of nitrogens with zero attached hydrogens (tertiary/aromatic N) is 1. The Balaban J connectivity index is 2.45. The Bertz CT molecular complexity index is 564. The smallest absolute Gasteiger partial charge is 0.240 e. The van der Waals surface area contributed by atoms with Crippen LogP contribution < -0.4 is 4.72 Å². The zero-order valence-corrected chi connectivity index (χ0v) is 14.1. The van der Waals surface area contributed by atoms with Gasteiger partial charge in [0.15, 0.2) is 0 Å². The molecule has 0 heterocycles. The fourth-order valence-corrected chi connectivity index (χ4v) is 3.02. The monoisotopic (exact) mass is 336 g/mol. The van der Waals surface area contributed by atoms with Crippen LogP contribution in [0.25, 0.3) is 0 Å². The molecule has 1 rings (SSSR count). The number of unbranched alkanes of at least 4 members (excludes halogenated alkanes) is 1. The second-order valence-electron chi connectivity index (χ2n) is 5.26. The average Bonchev–Trinajstić information content (AvgIpc) is 2.40. The third-order valence-corrected chi connectivity index (χ3v) is 5.06. The lowest BCUT2D eigenvalue weighted by molar-refractivity contribution is 0.268. The summed E-state index contributed by atoms with van der Waals surface area (Å²) in [5.41, 5.74) is 0. The molecule has 120 valence electrons. The molecule has 0 atom stereocenters. The van der Waals surface area contributed by atoms with Crippen molar-refractivity contribution in [2.75, 3.05) is 20.1 Å². The summed E-state index contributed by atoms with van der Waals surface area (Å²) in [7, 11) is -1.59. The van der Waals surface area contributed by atoms with Crippen LogP contribution in [0.2, 0.25) is 5.02 Å². The summed E-state index contributed by atoms with van der Waals surface area (Å²) in [5.74, 6) is -0.632. The molecule has 7 heteroatoms. The van der Waals surface area contributed by atoms with Gasteiger partial charge in [-0.05, 0) is 58.5 Å². The maximum Gasteiger partial charge on any atom is 0.240 e. The van der Waals surface area contributed by atoms with E-state index in [1.165, 1.54) is 6.07 Å². The summed E-state index contributed by atoms with van der Waals surface area (Å²) >= 11 is 5.60. The molecule has 0 bridgehead atoms. The average molecular weight is 337 g/mol. The van der Waals surface area contributed by atoms with Gasteiger partial charge in [-0.2, -0.15) is 0 Å². The summed E-state index contributed by atoms with van der Waals surface area (Å²) < 4.78 is 39.5. The summed E-state index contributed by atoms with van der Waals surface area (Å²) in [5, 5.41) is -0.198. The van der Waals surface area contributed by atoms with E-state index >= 15 is 0 Å². The van der Waals surface area contributed by atoms with E-state index in [1.54, 1.807) is 0 Å². The molecule has 0 aromatic heterocycles. The first-order chi connectivity index (χ1) is 9.74. The van der Waals surface area contributed by atoms with Gasteiger partial charge in [0.25, 0.3) is 0 Å². The molecule has 0 unspecified atom stereocenters. The lowest BCUT2D eigenvalue weighted by Crippen LogP contribution is -2.29. The Kier molecular flexibility index (Phi) is 7.06. The van der Waals surface area contributed by atoms with Gasteiger partial charge in [-0.3, -0.25) is 0 Å². The van der Waals surface area contributed by atoms with E-state index in [2.05, 4.69) is 23.5 Å². The van der Waals surface area contributed by atoms with Crippen molar-refractivity contribution in [1.29, 1.82) is 0 Å². The van der Waals surface area contributed by atoms with Crippen LogP contribution in [0, 0.1) is 5.82 Å². The Morgan fingerprint density at radius 1 is 1.33 bits per heavy atom. The summed E-state index contributed by atoms with van der Waals surface area (Å²) in [6, 6.07) is 3.85. The van der Waals surface area contributed by atoms with E-state index in [1.807, 2.05) is 7.05 Å². The summed E-state index contributed by atoms with van der Waals surface area (Å²) in [6.07, 6.45) is 1.65. The van der Waals surface area contributed by atoms with Gasteiger partial charge in [-0.1, -0.05) is 11.6 Å². The normalized spacial score (nSPS) is 12.3. The predicted molar refractivity (Wildman–Crippen MR) is 83.6 cm³/mol. The molecule has 1 N–H and O–H groups in total. The highest BCUT2D eigenvalue weighted by atomic mass is 35.5. The SMILES string of the molecule is CC(C)N(C)CCCCNS(=O)(=O)c1ccc(F)c(Cl)c1. The fourth-order valence-electron chi connectivity index (χ4n) is 1.68. The molecular formula is C14H22ClFN2O2S. The van der Waals surface area contributed by atoms with Gasteiger partial charge >= 0.3 is 0 Å². The molecule has 0 saturated heterocycles. The molecule has 0 aliphatic heterocycles. The van der Waals surface area contributed by atoms with Crippen LogP contribution in [0.1, 0.15) is 26.7 Å². The van der Waals surface area contributed by atoms with Crippen molar-refractivity contribution in [3.8, 4) is 0 Å². The predicted octanol–water partition coefficient (Wildman–Crippen LogP) is 2.88. The highest BCUT2D eigenvalue weighted by Crippen LogP contribution is 2.19. The second-order valence-corrected chi connectivity index (χ2v) is 7.43. The quantitative estimate of drug-likeness (QED) is 0.743. The highest BCUT2D eigenvalue weighted by molar-refractivity contribution is 7.89. The van der Waals surface area contributed by atoms with Gasteiger partial charge in [0.05, 0.1) is 9.92 Å². The summed E-state index contributed by atoms with van der Waals surface area (Å²) in [6.45, 7) is 5.49. The zero-order chi connectivity index (χ0) is 16.0. The summed E-state index contributed by atoms with van der Waals surface area (Å²) in [4.78, 5) is 2.18. The lowest BCUT2D eigenvalue weighted by Gasteiger charge is -2.20. The maximum absolute atomic E-state index is 13.0. The number of sulfonamides is 1. The van der Waals surface area contributed by atoms with E-state index in [9.17, 15) is 12.8 Å². The molecule has 1 aromatic rings. The van der Waals surface area contributed by atoms with Crippen LogP contribution in [0.15, 0.2) is 23.1 Å². The molecule has 0 fully saturated rings. The number of hydrogen-bond donors (Lipinski definition) is 1. The number of hydrogen-bond acceptors (Lipinski definition) is 3. The van der Waals surface area contributed by atoms with Gasteiger partial charge in [0, 0.05) is 12.6 Å². The Morgan fingerprint density at radius 2 is 2.00 bits per heavy atom. The Morgan fingerprint density at radius 3 is 2.57 bits per heavy atom. The minimum Gasteiger partial charge on any atom is -0.304 e. The van der Waals surface area contributed by atoms with Crippen LogP contribution in [0.3, 0.4) is 0 Å².